The quantitative estimate of drug-likeness (QED) is 0.734. The van der Waals surface area contributed by atoms with Gasteiger partial charge in [0.1, 0.15) is 11.4 Å². The van der Waals surface area contributed by atoms with Gasteiger partial charge in [0.25, 0.3) is 0 Å². The number of carbonyl (C=O) groups is 1. The van der Waals surface area contributed by atoms with Crippen LogP contribution in [0.4, 0.5) is 4.79 Å². The maximum Gasteiger partial charge on any atom is 0.410 e. The van der Waals surface area contributed by atoms with Gasteiger partial charge in [0, 0.05) is 13.1 Å². The predicted molar refractivity (Wildman–Crippen MR) is 90.0 cm³/mol. The summed E-state index contributed by atoms with van der Waals surface area (Å²) in [4.78, 5) is 14.1. The zero-order valence-electron chi connectivity index (χ0n) is 14.6. The Morgan fingerprint density at radius 2 is 1.83 bits per heavy atom. The Kier molecular flexibility index (Phi) is 4.26. The fourth-order valence-electron chi connectivity index (χ4n) is 3.28. The molecule has 0 spiro atoms. The van der Waals surface area contributed by atoms with Gasteiger partial charge in [0.05, 0.1) is 6.61 Å². The first-order valence-electron chi connectivity index (χ1n) is 8.57. The second kappa shape index (κ2) is 6.06. The predicted octanol–water partition coefficient (Wildman–Crippen LogP) is 3.59. The molecule has 1 atom stereocenters. The number of fused-ring (bicyclic) bond motifs is 2. The molecule has 2 aliphatic heterocycles. The molecule has 1 aromatic rings. The van der Waals surface area contributed by atoms with Gasteiger partial charge in [0.15, 0.2) is 0 Å². The summed E-state index contributed by atoms with van der Waals surface area (Å²) >= 11 is 0. The van der Waals surface area contributed by atoms with Crippen molar-refractivity contribution in [2.45, 2.75) is 52.6 Å². The molecule has 0 saturated carbocycles. The van der Waals surface area contributed by atoms with Crippen LogP contribution in [0.5, 0.6) is 5.75 Å². The van der Waals surface area contributed by atoms with Crippen LogP contribution >= 0.6 is 0 Å². The molecule has 0 aliphatic carbocycles. The van der Waals surface area contributed by atoms with Crippen molar-refractivity contribution in [1.29, 1.82) is 0 Å². The van der Waals surface area contributed by atoms with Crippen molar-refractivity contribution in [3.8, 4) is 5.75 Å². The number of carbonyl (C=O) groups excluding carboxylic acids is 1. The molecule has 2 aliphatic rings. The zero-order chi connectivity index (χ0) is 16.6. The molecule has 4 heteroatoms. The van der Waals surface area contributed by atoms with Gasteiger partial charge in [0.2, 0.25) is 0 Å². The standard InChI is InChI=1S/C19H27NO3/c1-13-9-16-10-14-5-7-20(18(21)23-19(2,3)4)8-6-15(14)11-17(16)22-12-13/h10-11,13H,5-9,12H2,1-4H3/t13-/m0/s1. The van der Waals surface area contributed by atoms with E-state index in [1.54, 1.807) is 0 Å². The normalized spacial score (nSPS) is 20.9. The van der Waals surface area contributed by atoms with Gasteiger partial charge in [-0.3, -0.25) is 0 Å². The van der Waals surface area contributed by atoms with Crippen LogP contribution in [0.2, 0.25) is 0 Å². The van der Waals surface area contributed by atoms with Gasteiger partial charge in [-0.25, -0.2) is 4.79 Å². The zero-order valence-corrected chi connectivity index (χ0v) is 14.6. The molecule has 0 bridgehead atoms. The third-order valence-corrected chi connectivity index (χ3v) is 4.43. The Balaban J connectivity index is 1.74. The highest BCUT2D eigenvalue weighted by atomic mass is 16.6. The van der Waals surface area contributed by atoms with Crippen LogP contribution in [0.1, 0.15) is 44.4 Å². The molecule has 0 fully saturated rings. The molecule has 1 aromatic carbocycles. The van der Waals surface area contributed by atoms with Crippen molar-refractivity contribution in [3.63, 3.8) is 0 Å². The smallest absolute Gasteiger partial charge is 0.410 e. The first-order valence-corrected chi connectivity index (χ1v) is 8.57. The summed E-state index contributed by atoms with van der Waals surface area (Å²) in [5, 5.41) is 0. The molecular formula is C19H27NO3. The molecular weight excluding hydrogens is 290 g/mol. The van der Waals surface area contributed by atoms with Crippen molar-refractivity contribution in [3.05, 3.63) is 28.8 Å². The summed E-state index contributed by atoms with van der Waals surface area (Å²) in [6.07, 6.45) is 2.62. The first-order chi connectivity index (χ1) is 10.8. The van der Waals surface area contributed by atoms with Crippen molar-refractivity contribution >= 4 is 6.09 Å². The SMILES string of the molecule is C[C@@H]1COc2cc3c(cc2C1)CCN(C(=O)OC(C)(C)C)CC3. The van der Waals surface area contributed by atoms with Crippen LogP contribution in [0.15, 0.2) is 12.1 Å². The van der Waals surface area contributed by atoms with Crippen LogP contribution in [0.3, 0.4) is 0 Å². The minimum Gasteiger partial charge on any atom is -0.493 e. The Labute approximate surface area is 138 Å². The summed E-state index contributed by atoms with van der Waals surface area (Å²) in [6.45, 7) is 10.2. The Bertz CT molecular complexity index is 603. The second-order valence-electron chi connectivity index (χ2n) is 7.82. The van der Waals surface area contributed by atoms with Crippen LogP contribution < -0.4 is 4.74 Å². The number of hydrogen-bond donors (Lipinski definition) is 0. The lowest BCUT2D eigenvalue weighted by molar-refractivity contribution is 0.0258. The molecule has 23 heavy (non-hydrogen) atoms. The van der Waals surface area contributed by atoms with E-state index in [2.05, 4.69) is 19.1 Å². The highest BCUT2D eigenvalue weighted by Gasteiger charge is 2.25. The molecule has 0 aromatic heterocycles. The largest absolute Gasteiger partial charge is 0.493 e. The fourth-order valence-corrected chi connectivity index (χ4v) is 3.28. The number of benzene rings is 1. The van der Waals surface area contributed by atoms with E-state index in [4.69, 9.17) is 9.47 Å². The van der Waals surface area contributed by atoms with E-state index < -0.39 is 5.60 Å². The van der Waals surface area contributed by atoms with Crippen molar-refractivity contribution in [1.82, 2.24) is 4.90 Å². The summed E-state index contributed by atoms with van der Waals surface area (Å²) in [7, 11) is 0. The van der Waals surface area contributed by atoms with Gasteiger partial charge in [-0.15, -0.1) is 0 Å². The third kappa shape index (κ3) is 3.80. The number of nitrogens with zero attached hydrogens (tertiary/aromatic N) is 1. The van der Waals surface area contributed by atoms with Gasteiger partial charge >= 0.3 is 6.09 Å². The van der Waals surface area contributed by atoms with E-state index in [0.717, 1.165) is 38.2 Å². The lowest BCUT2D eigenvalue weighted by atomic mass is 9.92. The second-order valence-corrected chi connectivity index (χ2v) is 7.82. The van der Waals surface area contributed by atoms with Crippen LogP contribution in [0, 0.1) is 5.92 Å². The number of amides is 1. The minimum atomic E-state index is -0.445. The van der Waals surface area contributed by atoms with E-state index in [9.17, 15) is 4.79 Å². The van der Waals surface area contributed by atoms with Crippen LogP contribution in [-0.4, -0.2) is 36.3 Å². The maximum atomic E-state index is 12.3. The van der Waals surface area contributed by atoms with Crippen molar-refractivity contribution in [2.75, 3.05) is 19.7 Å². The fraction of sp³-hybridized carbons (Fsp3) is 0.632. The van der Waals surface area contributed by atoms with Crippen molar-refractivity contribution in [2.24, 2.45) is 5.92 Å². The molecule has 3 rings (SSSR count). The molecule has 0 saturated heterocycles. The average molecular weight is 317 g/mol. The molecule has 0 radical (unpaired) electrons. The molecule has 0 unspecified atom stereocenters. The molecule has 2 heterocycles. The molecule has 126 valence electrons. The van der Waals surface area contributed by atoms with Crippen molar-refractivity contribution < 1.29 is 14.3 Å². The van der Waals surface area contributed by atoms with Crippen LogP contribution in [-0.2, 0) is 24.0 Å². The third-order valence-electron chi connectivity index (χ3n) is 4.43. The van der Waals surface area contributed by atoms with Gasteiger partial charge < -0.3 is 14.4 Å². The summed E-state index contributed by atoms with van der Waals surface area (Å²) in [5.74, 6) is 1.61. The summed E-state index contributed by atoms with van der Waals surface area (Å²) in [6, 6.07) is 4.48. The monoisotopic (exact) mass is 317 g/mol. The maximum absolute atomic E-state index is 12.3. The van der Waals surface area contributed by atoms with Crippen LogP contribution in [0.25, 0.3) is 0 Å². The number of rotatable bonds is 0. The van der Waals surface area contributed by atoms with E-state index >= 15 is 0 Å². The van der Waals surface area contributed by atoms with Gasteiger partial charge in [-0.2, -0.15) is 0 Å². The highest BCUT2D eigenvalue weighted by molar-refractivity contribution is 5.68. The lowest BCUT2D eigenvalue weighted by Gasteiger charge is -2.26. The van der Waals surface area contributed by atoms with Gasteiger partial charge in [-0.05, 0) is 68.7 Å². The molecule has 1 amide bonds. The van der Waals surface area contributed by atoms with E-state index in [1.807, 2.05) is 25.7 Å². The topological polar surface area (TPSA) is 38.8 Å². The first kappa shape index (κ1) is 16.2. The molecule has 0 N–H and O–H groups in total. The Morgan fingerprint density at radius 1 is 1.17 bits per heavy atom. The van der Waals surface area contributed by atoms with E-state index in [1.165, 1.54) is 16.7 Å². The number of hydrogen-bond acceptors (Lipinski definition) is 3. The highest BCUT2D eigenvalue weighted by Crippen LogP contribution is 2.32. The lowest BCUT2D eigenvalue weighted by Crippen LogP contribution is -2.38. The minimum absolute atomic E-state index is 0.208. The summed E-state index contributed by atoms with van der Waals surface area (Å²) < 4.78 is 11.4. The average Bonchev–Trinajstić information content (AvgIpc) is 2.65. The number of ether oxygens (including phenoxy) is 2. The Morgan fingerprint density at radius 3 is 2.48 bits per heavy atom. The van der Waals surface area contributed by atoms with E-state index in [-0.39, 0.29) is 6.09 Å². The van der Waals surface area contributed by atoms with E-state index in [0.29, 0.717) is 12.5 Å². The van der Waals surface area contributed by atoms with Gasteiger partial charge in [-0.1, -0.05) is 13.0 Å². The molecule has 4 nitrogen and oxygen atoms in total. The Hall–Kier alpha value is -1.71. The summed E-state index contributed by atoms with van der Waals surface area (Å²) in [5.41, 5.74) is 3.53.